The van der Waals surface area contributed by atoms with E-state index in [1.807, 2.05) is 0 Å². The van der Waals surface area contributed by atoms with Gasteiger partial charge in [0.15, 0.2) is 5.82 Å². The van der Waals surface area contributed by atoms with Crippen LogP contribution in [0.2, 0.25) is 0 Å². The van der Waals surface area contributed by atoms with Crippen LogP contribution in [0, 0.1) is 0 Å². The van der Waals surface area contributed by atoms with Gasteiger partial charge in [-0.1, -0.05) is 0 Å². The van der Waals surface area contributed by atoms with Crippen LogP contribution in [0.3, 0.4) is 0 Å². The molecule has 0 spiro atoms. The SMILES string of the molecule is O=C(Nc1cnccn1)ON1CCNCC1. The van der Waals surface area contributed by atoms with Crippen molar-refractivity contribution in [3.05, 3.63) is 18.6 Å². The molecule has 0 atom stereocenters. The molecule has 7 nitrogen and oxygen atoms in total. The van der Waals surface area contributed by atoms with Gasteiger partial charge in [-0.05, 0) is 0 Å². The van der Waals surface area contributed by atoms with Crippen LogP contribution in [0.1, 0.15) is 0 Å². The van der Waals surface area contributed by atoms with Crippen LogP contribution in [-0.2, 0) is 4.84 Å². The topological polar surface area (TPSA) is 79.4 Å². The number of piperazine rings is 1. The van der Waals surface area contributed by atoms with Crippen molar-refractivity contribution in [1.29, 1.82) is 0 Å². The highest BCUT2D eigenvalue weighted by Gasteiger charge is 2.14. The fourth-order valence-electron chi connectivity index (χ4n) is 1.34. The molecule has 1 aromatic heterocycles. The van der Waals surface area contributed by atoms with Gasteiger partial charge in [0.25, 0.3) is 0 Å². The Morgan fingerprint density at radius 2 is 2.25 bits per heavy atom. The second-order valence-electron chi connectivity index (χ2n) is 3.27. The van der Waals surface area contributed by atoms with Crippen molar-refractivity contribution in [2.75, 3.05) is 31.5 Å². The third kappa shape index (κ3) is 3.14. The third-order valence-electron chi connectivity index (χ3n) is 2.08. The molecule has 1 amide bonds. The number of hydroxylamine groups is 2. The summed E-state index contributed by atoms with van der Waals surface area (Å²) in [6, 6.07) is 0. The highest BCUT2D eigenvalue weighted by Crippen LogP contribution is 2.00. The largest absolute Gasteiger partial charge is 0.432 e. The first-order chi connectivity index (χ1) is 7.84. The summed E-state index contributed by atoms with van der Waals surface area (Å²) in [4.78, 5) is 24.2. The minimum Gasteiger partial charge on any atom is -0.351 e. The Morgan fingerprint density at radius 1 is 1.44 bits per heavy atom. The van der Waals surface area contributed by atoms with E-state index in [0.717, 1.165) is 13.1 Å². The van der Waals surface area contributed by atoms with Crippen LogP contribution in [-0.4, -0.2) is 47.3 Å². The lowest BCUT2D eigenvalue weighted by Crippen LogP contribution is -2.44. The molecule has 1 aromatic rings. The summed E-state index contributed by atoms with van der Waals surface area (Å²) in [6.07, 6.45) is 3.95. The molecule has 0 unspecified atom stereocenters. The summed E-state index contributed by atoms with van der Waals surface area (Å²) in [5, 5.41) is 7.27. The summed E-state index contributed by atoms with van der Waals surface area (Å²) in [6.45, 7) is 3.01. The lowest BCUT2D eigenvalue weighted by Gasteiger charge is -2.25. The summed E-state index contributed by atoms with van der Waals surface area (Å²) in [5.41, 5.74) is 0. The Labute approximate surface area is 92.8 Å². The average molecular weight is 223 g/mol. The number of carbonyl (C=O) groups is 1. The van der Waals surface area contributed by atoms with Gasteiger partial charge in [0.05, 0.1) is 6.20 Å². The zero-order valence-corrected chi connectivity index (χ0v) is 8.72. The average Bonchev–Trinajstić information content (AvgIpc) is 2.31. The Balaban J connectivity index is 1.80. The second kappa shape index (κ2) is 5.38. The zero-order chi connectivity index (χ0) is 11.2. The fourth-order valence-corrected chi connectivity index (χ4v) is 1.34. The molecule has 0 saturated carbocycles. The summed E-state index contributed by atoms with van der Waals surface area (Å²) in [7, 11) is 0. The number of nitrogens with one attached hydrogen (secondary N) is 2. The molecule has 0 aromatic carbocycles. The zero-order valence-electron chi connectivity index (χ0n) is 8.72. The van der Waals surface area contributed by atoms with Gasteiger partial charge in [-0.2, -0.15) is 0 Å². The Bertz CT molecular complexity index is 339. The van der Waals surface area contributed by atoms with E-state index < -0.39 is 6.09 Å². The molecule has 0 aliphatic carbocycles. The maximum Gasteiger partial charge on any atom is 0.432 e. The van der Waals surface area contributed by atoms with Crippen molar-refractivity contribution in [3.8, 4) is 0 Å². The van der Waals surface area contributed by atoms with Crippen LogP contribution in [0.5, 0.6) is 0 Å². The van der Waals surface area contributed by atoms with Crippen LogP contribution in [0.15, 0.2) is 18.6 Å². The molecular weight excluding hydrogens is 210 g/mol. The molecule has 1 fully saturated rings. The van der Waals surface area contributed by atoms with Crippen LogP contribution < -0.4 is 10.6 Å². The molecule has 0 radical (unpaired) electrons. The van der Waals surface area contributed by atoms with Crippen molar-refractivity contribution in [3.63, 3.8) is 0 Å². The van der Waals surface area contributed by atoms with Crippen LogP contribution in [0.4, 0.5) is 10.6 Å². The van der Waals surface area contributed by atoms with Gasteiger partial charge >= 0.3 is 6.09 Å². The quantitative estimate of drug-likeness (QED) is 0.725. The van der Waals surface area contributed by atoms with E-state index in [0.29, 0.717) is 18.9 Å². The lowest BCUT2D eigenvalue weighted by atomic mass is 10.4. The first-order valence-electron chi connectivity index (χ1n) is 5.05. The highest BCUT2D eigenvalue weighted by molar-refractivity contribution is 5.82. The fraction of sp³-hybridized carbons (Fsp3) is 0.444. The number of carbonyl (C=O) groups excluding carboxylic acids is 1. The van der Waals surface area contributed by atoms with Gasteiger partial charge < -0.3 is 10.2 Å². The molecule has 1 aliphatic rings. The third-order valence-corrected chi connectivity index (χ3v) is 2.08. The van der Waals surface area contributed by atoms with E-state index in [4.69, 9.17) is 4.84 Å². The standard InChI is InChI=1S/C9H13N5O2/c15-9(13-8-7-11-1-2-12-8)16-14-5-3-10-4-6-14/h1-2,7,10H,3-6H2,(H,12,13,15). The molecule has 1 aliphatic heterocycles. The van der Waals surface area contributed by atoms with Gasteiger partial charge in [0.2, 0.25) is 0 Å². The lowest BCUT2D eigenvalue weighted by molar-refractivity contribution is -0.100. The van der Waals surface area contributed by atoms with E-state index in [9.17, 15) is 4.79 Å². The van der Waals surface area contributed by atoms with Gasteiger partial charge in [-0.25, -0.2) is 9.78 Å². The van der Waals surface area contributed by atoms with E-state index in [1.165, 1.54) is 18.6 Å². The van der Waals surface area contributed by atoms with E-state index >= 15 is 0 Å². The summed E-state index contributed by atoms with van der Waals surface area (Å²) < 4.78 is 0. The van der Waals surface area contributed by atoms with Crippen molar-refractivity contribution < 1.29 is 9.63 Å². The molecule has 2 heterocycles. The molecule has 16 heavy (non-hydrogen) atoms. The Kier molecular flexibility index (Phi) is 3.62. The predicted molar refractivity (Wildman–Crippen MR) is 56.6 cm³/mol. The molecule has 2 N–H and O–H groups in total. The number of rotatable bonds is 2. The first kappa shape index (κ1) is 10.8. The number of aromatic nitrogens is 2. The number of amides is 1. The maximum atomic E-state index is 11.4. The monoisotopic (exact) mass is 223 g/mol. The van der Waals surface area contributed by atoms with E-state index in [2.05, 4.69) is 20.6 Å². The van der Waals surface area contributed by atoms with Gasteiger partial charge in [0, 0.05) is 38.6 Å². The Morgan fingerprint density at radius 3 is 2.94 bits per heavy atom. The second-order valence-corrected chi connectivity index (χ2v) is 3.27. The minimum absolute atomic E-state index is 0.377. The van der Waals surface area contributed by atoms with Crippen molar-refractivity contribution in [2.24, 2.45) is 0 Å². The van der Waals surface area contributed by atoms with E-state index in [-0.39, 0.29) is 0 Å². The Hall–Kier alpha value is -1.73. The first-order valence-corrected chi connectivity index (χ1v) is 5.05. The minimum atomic E-state index is -0.539. The molecule has 2 rings (SSSR count). The molecule has 86 valence electrons. The molecule has 7 heteroatoms. The van der Waals surface area contributed by atoms with Crippen LogP contribution in [0.25, 0.3) is 0 Å². The molecule has 0 bridgehead atoms. The normalized spacial score (nSPS) is 16.8. The van der Waals surface area contributed by atoms with Crippen molar-refractivity contribution >= 4 is 11.9 Å². The molecular formula is C9H13N5O2. The number of hydrogen-bond donors (Lipinski definition) is 2. The predicted octanol–water partition coefficient (Wildman–Crippen LogP) is -0.155. The van der Waals surface area contributed by atoms with E-state index in [1.54, 1.807) is 5.06 Å². The summed E-state index contributed by atoms with van der Waals surface area (Å²) >= 11 is 0. The van der Waals surface area contributed by atoms with Crippen molar-refractivity contribution in [1.82, 2.24) is 20.3 Å². The number of nitrogens with zero attached hydrogens (tertiary/aromatic N) is 3. The maximum absolute atomic E-state index is 11.4. The highest BCUT2D eigenvalue weighted by atomic mass is 16.7. The van der Waals surface area contributed by atoms with Gasteiger partial charge in [0.1, 0.15) is 0 Å². The van der Waals surface area contributed by atoms with Gasteiger partial charge in [-0.15, -0.1) is 5.06 Å². The summed E-state index contributed by atoms with van der Waals surface area (Å²) in [5.74, 6) is 0.377. The smallest absolute Gasteiger partial charge is 0.351 e. The van der Waals surface area contributed by atoms with Crippen molar-refractivity contribution in [2.45, 2.75) is 0 Å². The van der Waals surface area contributed by atoms with Crippen LogP contribution >= 0.6 is 0 Å². The molecule has 1 saturated heterocycles. The number of hydrogen-bond acceptors (Lipinski definition) is 6. The number of anilines is 1. The van der Waals surface area contributed by atoms with Gasteiger partial charge in [-0.3, -0.25) is 10.3 Å².